The number of nitrogens with two attached hydrogens (primary N) is 1. The van der Waals surface area contributed by atoms with Crippen molar-refractivity contribution in [1.82, 2.24) is 4.90 Å². The van der Waals surface area contributed by atoms with E-state index in [1.54, 1.807) is 6.07 Å². The van der Waals surface area contributed by atoms with E-state index in [4.69, 9.17) is 34.0 Å². The van der Waals surface area contributed by atoms with Crippen molar-refractivity contribution >= 4 is 29.1 Å². The first kappa shape index (κ1) is 19.3. The van der Waals surface area contributed by atoms with Crippen LogP contribution in [-0.4, -0.2) is 51.9 Å². The fraction of sp³-hybridized carbons (Fsp3) is 0.562. The number of aliphatic hydroxyl groups is 2. The number of likely N-dealkylation sites (tertiary alicyclic amines) is 1. The molecule has 0 bridgehead atoms. The third kappa shape index (κ3) is 3.95. The highest BCUT2D eigenvalue weighted by atomic mass is 35.5. The predicted molar refractivity (Wildman–Crippen MR) is 92.0 cm³/mol. The van der Waals surface area contributed by atoms with Crippen molar-refractivity contribution in [3.8, 4) is 5.75 Å². The Kier molecular flexibility index (Phi) is 6.33. The second-order valence-corrected chi connectivity index (χ2v) is 7.08. The molecule has 134 valence electrons. The maximum Gasteiger partial charge on any atom is 0.253 e. The summed E-state index contributed by atoms with van der Waals surface area (Å²) in [5.41, 5.74) is 6.86. The van der Waals surface area contributed by atoms with Gasteiger partial charge in [-0.15, -0.1) is 0 Å². The Hall–Kier alpha value is -1.05. The SMILES string of the molecule is C[C@@H]1CN(C(=O)[C@H](O)CO)CC[C@@H]1[C@@H](N)c1cc(Cl)c(Cl)cc1O. The molecular formula is C16H22Cl2N2O4. The second-order valence-electron chi connectivity index (χ2n) is 6.26. The van der Waals surface area contributed by atoms with Crippen LogP contribution in [0.1, 0.15) is 24.9 Å². The average Bonchev–Trinajstić information content (AvgIpc) is 2.56. The lowest BCUT2D eigenvalue weighted by atomic mass is 9.79. The highest BCUT2D eigenvalue weighted by Gasteiger charge is 2.35. The number of carbonyl (C=O) groups is 1. The summed E-state index contributed by atoms with van der Waals surface area (Å²) >= 11 is 11.9. The number of aliphatic hydroxyl groups excluding tert-OH is 2. The highest BCUT2D eigenvalue weighted by molar-refractivity contribution is 6.42. The van der Waals surface area contributed by atoms with Gasteiger partial charge in [0, 0.05) is 30.8 Å². The minimum atomic E-state index is -1.39. The minimum absolute atomic E-state index is 0.00157. The summed E-state index contributed by atoms with van der Waals surface area (Å²) in [6, 6.07) is 2.50. The molecule has 1 aliphatic heterocycles. The number of hydrogen-bond acceptors (Lipinski definition) is 5. The van der Waals surface area contributed by atoms with Crippen molar-refractivity contribution in [3.63, 3.8) is 0 Å². The van der Waals surface area contributed by atoms with E-state index < -0.39 is 24.7 Å². The Morgan fingerprint density at radius 2 is 2.04 bits per heavy atom. The number of hydrogen-bond donors (Lipinski definition) is 4. The van der Waals surface area contributed by atoms with Crippen molar-refractivity contribution < 1.29 is 20.1 Å². The molecule has 0 aliphatic carbocycles. The predicted octanol–water partition coefficient (Wildman–Crippen LogP) is 1.54. The monoisotopic (exact) mass is 376 g/mol. The number of piperidine rings is 1. The van der Waals surface area contributed by atoms with Gasteiger partial charge in [0.2, 0.25) is 0 Å². The molecule has 1 saturated heterocycles. The topological polar surface area (TPSA) is 107 Å². The Morgan fingerprint density at radius 3 is 2.62 bits per heavy atom. The van der Waals surface area contributed by atoms with Crippen LogP contribution in [0.3, 0.4) is 0 Å². The highest BCUT2D eigenvalue weighted by Crippen LogP contribution is 2.39. The molecule has 1 amide bonds. The van der Waals surface area contributed by atoms with Crippen LogP contribution in [-0.2, 0) is 4.79 Å². The molecule has 0 aromatic heterocycles. The zero-order chi connectivity index (χ0) is 18.0. The van der Waals surface area contributed by atoms with Crippen molar-refractivity contribution in [3.05, 3.63) is 27.7 Å². The molecule has 1 aliphatic rings. The van der Waals surface area contributed by atoms with E-state index in [0.29, 0.717) is 30.1 Å². The fourth-order valence-electron chi connectivity index (χ4n) is 3.24. The molecule has 1 heterocycles. The van der Waals surface area contributed by atoms with Crippen LogP contribution in [0.15, 0.2) is 12.1 Å². The van der Waals surface area contributed by atoms with E-state index in [9.17, 15) is 15.0 Å². The number of phenols is 1. The lowest BCUT2D eigenvalue weighted by Gasteiger charge is -2.40. The molecule has 24 heavy (non-hydrogen) atoms. The Balaban J connectivity index is 2.12. The standard InChI is InChI=1S/C16H22Cl2N2O4/c1-8-6-20(16(24)14(23)7-21)3-2-9(8)15(19)10-4-11(17)12(18)5-13(10)22/h4-5,8-9,14-15,21-23H,2-3,6-7,19H2,1H3/t8-,9+,14-,15-/m1/s1. The van der Waals surface area contributed by atoms with Gasteiger partial charge in [-0.25, -0.2) is 0 Å². The van der Waals surface area contributed by atoms with Gasteiger partial charge in [-0.05, 0) is 24.3 Å². The Bertz CT molecular complexity index is 614. The van der Waals surface area contributed by atoms with E-state index in [-0.39, 0.29) is 22.6 Å². The van der Waals surface area contributed by atoms with E-state index in [1.807, 2.05) is 6.92 Å². The average molecular weight is 377 g/mol. The number of phenolic OH excluding ortho intramolecular Hbond substituents is 1. The Labute approximate surface area is 150 Å². The molecule has 4 atom stereocenters. The minimum Gasteiger partial charge on any atom is -0.508 e. The van der Waals surface area contributed by atoms with Gasteiger partial charge in [0.25, 0.3) is 5.91 Å². The van der Waals surface area contributed by atoms with Crippen LogP contribution in [0.25, 0.3) is 0 Å². The third-order valence-electron chi connectivity index (χ3n) is 4.63. The van der Waals surface area contributed by atoms with Gasteiger partial charge >= 0.3 is 0 Å². The maximum atomic E-state index is 12.0. The van der Waals surface area contributed by atoms with E-state index in [1.165, 1.54) is 11.0 Å². The summed E-state index contributed by atoms with van der Waals surface area (Å²) in [7, 11) is 0. The van der Waals surface area contributed by atoms with E-state index >= 15 is 0 Å². The van der Waals surface area contributed by atoms with Gasteiger partial charge in [0.05, 0.1) is 16.7 Å². The molecule has 6 nitrogen and oxygen atoms in total. The summed E-state index contributed by atoms with van der Waals surface area (Å²) in [6.45, 7) is 2.23. The molecule has 0 spiro atoms. The number of nitrogens with zero attached hydrogens (tertiary/aromatic N) is 1. The van der Waals surface area contributed by atoms with E-state index in [2.05, 4.69) is 0 Å². The van der Waals surface area contributed by atoms with Gasteiger partial charge in [0.15, 0.2) is 6.10 Å². The van der Waals surface area contributed by atoms with Crippen LogP contribution < -0.4 is 5.73 Å². The first-order valence-corrected chi connectivity index (χ1v) is 8.53. The van der Waals surface area contributed by atoms with Gasteiger partial charge in [-0.3, -0.25) is 4.79 Å². The molecule has 0 radical (unpaired) electrons. The molecular weight excluding hydrogens is 355 g/mol. The number of rotatable bonds is 4. The van der Waals surface area contributed by atoms with Gasteiger partial charge in [0.1, 0.15) is 5.75 Å². The first-order chi connectivity index (χ1) is 11.3. The zero-order valence-corrected chi connectivity index (χ0v) is 14.8. The Morgan fingerprint density at radius 1 is 1.42 bits per heavy atom. The van der Waals surface area contributed by atoms with Crippen LogP contribution >= 0.6 is 23.2 Å². The van der Waals surface area contributed by atoms with E-state index in [0.717, 1.165) is 0 Å². The molecule has 1 aromatic carbocycles. The number of benzene rings is 1. The number of halogens is 2. The lowest BCUT2D eigenvalue weighted by molar-refractivity contribution is -0.144. The van der Waals surface area contributed by atoms with Crippen molar-refractivity contribution in [1.29, 1.82) is 0 Å². The molecule has 0 unspecified atom stereocenters. The van der Waals surface area contributed by atoms with Crippen molar-refractivity contribution in [2.45, 2.75) is 25.5 Å². The molecule has 5 N–H and O–H groups in total. The molecule has 0 saturated carbocycles. The second kappa shape index (κ2) is 7.89. The van der Waals surface area contributed by atoms with Crippen LogP contribution in [0, 0.1) is 11.8 Å². The zero-order valence-electron chi connectivity index (χ0n) is 13.3. The van der Waals surface area contributed by atoms with Crippen LogP contribution in [0.4, 0.5) is 0 Å². The van der Waals surface area contributed by atoms with Crippen molar-refractivity contribution in [2.24, 2.45) is 17.6 Å². The van der Waals surface area contributed by atoms with Crippen LogP contribution in [0.2, 0.25) is 10.0 Å². The van der Waals surface area contributed by atoms with Gasteiger partial charge in [-0.2, -0.15) is 0 Å². The summed E-state index contributed by atoms with van der Waals surface area (Å²) in [5, 5.41) is 29.1. The molecule has 1 aromatic rings. The summed E-state index contributed by atoms with van der Waals surface area (Å²) < 4.78 is 0. The maximum absolute atomic E-state index is 12.0. The lowest BCUT2D eigenvalue weighted by Crippen LogP contribution is -2.49. The quantitative estimate of drug-likeness (QED) is 0.637. The number of amides is 1. The fourth-order valence-corrected chi connectivity index (χ4v) is 3.57. The third-order valence-corrected chi connectivity index (χ3v) is 5.35. The van der Waals surface area contributed by atoms with Crippen molar-refractivity contribution in [2.75, 3.05) is 19.7 Å². The molecule has 2 rings (SSSR count). The summed E-state index contributed by atoms with van der Waals surface area (Å²) in [4.78, 5) is 13.5. The largest absolute Gasteiger partial charge is 0.508 e. The van der Waals surface area contributed by atoms with Crippen LogP contribution in [0.5, 0.6) is 5.75 Å². The molecule has 1 fully saturated rings. The normalized spacial score (nSPS) is 23.8. The number of carbonyl (C=O) groups excluding carboxylic acids is 1. The number of aromatic hydroxyl groups is 1. The summed E-state index contributed by atoms with van der Waals surface area (Å²) in [6.07, 6.45) is -0.770. The molecule has 8 heteroatoms. The summed E-state index contributed by atoms with van der Waals surface area (Å²) in [5.74, 6) is -0.395. The van der Waals surface area contributed by atoms with Gasteiger partial charge < -0.3 is 26.0 Å². The van der Waals surface area contributed by atoms with Gasteiger partial charge in [-0.1, -0.05) is 30.1 Å². The first-order valence-electron chi connectivity index (χ1n) is 7.77. The smallest absolute Gasteiger partial charge is 0.253 e.